The van der Waals surface area contributed by atoms with Crippen LogP contribution in [-0.4, -0.2) is 33.6 Å². The Bertz CT molecular complexity index is 506. The van der Waals surface area contributed by atoms with Gasteiger partial charge in [0.1, 0.15) is 0 Å². The van der Waals surface area contributed by atoms with Gasteiger partial charge in [-0.15, -0.1) is 0 Å². The molecule has 6 heteroatoms. The molecule has 0 bridgehead atoms. The molecule has 0 aliphatic carbocycles. The first-order valence-corrected chi connectivity index (χ1v) is 6.76. The Hall–Kier alpha value is -2.37. The first-order chi connectivity index (χ1) is 9.88. The lowest BCUT2D eigenvalue weighted by Gasteiger charge is -2.11. The van der Waals surface area contributed by atoms with Crippen LogP contribution in [0, 0.1) is 0 Å². The molecule has 6 nitrogen and oxygen atoms in total. The fraction of sp³-hybridized carbons (Fsp3) is 0.357. The van der Waals surface area contributed by atoms with Crippen molar-refractivity contribution in [3.63, 3.8) is 0 Å². The van der Waals surface area contributed by atoms with Crippen LogP contribution in [0.4, 0.5) is 0 Å². The van der Waals surface area contributed by atoms with Gasteiger partial charge in [-0.2, -0.15) is 0 Å². The van der Waals surface area contributed by atoms with Crippen molar-refractivity contribution in [3.05, 3.63) is 48.8 Å². The molecule has 0 aromatic carbocycles. The number of imidazole rings is 1. The van der Waals surface area contributed by atoms with Gasteiger partial charge in [0, 0.05) is 38.2 Å². The van der Waals surface area contributed by atoms with E-state index < -0.39 is 0 Å². The summed E-state index contributed by atoms with van der Waals surface area (Å²) in [4.78, 5) is 12.8. The monoisotopic (exact) mass is 272 g/mol. The largest absolute Gasteiger partial charge is 0.357 e. The first kappa shape index (κ1) is 14.0. The number of guanidine groups is 1. The van der Waals surface area contributed by atoms with Crippen LogP contribution in [0.5, 0.6) is 0 Å². The SMILES string of the molecule is CCNC(=NCc1ccccn1)NCCn1ccnc1. The van der Waals surface area contributed by atoms with Crippen LogP contribution in [0.15, 0.2) is 48.1 Å². The van der Waals surface area contributed by atoms with E-state index in [2.05, 4.69) is 25.6 Å². The van der Waals surface area contributed by atoms with Gasteiger partial charge < -0.3 is 15.2 Å². The van der Waals surface area contributed by atoms with E-state index in [-0.39, 0.29) is 0 Å². The molecule has 0 atom stereocenters. The van der Waals surface area contributed by atoms with Crippen LogP contribution in [0.25, 0.3) is 0 Å². The predicted octanol–water partition coefficient (Wildman–Crippen LogP) is 1.03. The number of rotatable bonds is 6. The normalized spacial score (nSPS) is 11.3. The second-order valence-electron chi connectivity index (χ2n) is 4.24. The minimum atomic E-state index is 0.571. The van der Waals surface area contributed by atoms with Crippen molar-refractivity contribution in [2.75, 3.05) is 13.1 Å². The van der Waals surface area contributed by atoms with E-state index in [0.29, 0.717) is 6.54 Å². The second kappa shape index (κ2) is 7.93. The van der Waals surface area contributed by atoms with Gasteiger partial charge >= 0.3 is 0 Å². The van der Waals surface area contributed by atoms with Crippen LogP contribution in [0.3, 0.4) is 0 Å². The van der Waals surface area contributed by atoms with E-state index in [9.17, 15) is 0 Å². The Morgan fingerprint density at radius 2 is 2.25 bits per heavy atom. The molecular weight excluding hydrogens is 252 g/mol. The summed E-state index contributed by atoms with van der Waals surface area (Å²) in [7, 11) is 0. The fourth-order valence-electron chi connectivity index (χ4n) is 1.72. The van der Waals surface area contributed by atoms with Gasteiger partial charge in [-0.25, -0.2) is 9.98 Å². The van der Waals surface area contributed by atoms with Crippen LogP contribution >= 0.6 is 0 Å². The van der Waals surface area contributed by atoms with E-state index >= 15 is 0 Å². The van der Waals surface area contributed by atoms with Crippen molar-refractivity contribution in [1.29, 1.82) is 0 Å². The maximum atomic E-state index is 4.51. The summed E-state index contributed by atoms with van der Waals surface area (Å²) in [6.07, 6.45) is 7.31. The molecule has 0 aliphatic heterocycles. The van der Waals surface area contributed by atoms with Gasteiger partial charge in [0.25, 0.3) is 0 Å². The highest BCUT2D eigenvalue weighted by atomic mass is 15.2. The molecule has 2 rings (SSSR count). The number of pyridine rings is 1. The lowest BCUT2D eigenvalue weighted by atomic mass is 10.3. The van der Waals surface area contributed by atoms with E-state index in [1.165, 1.54) is 0 Å². The van der Waals surface area contributed by atoms with E-state index in [4.69, 9.17) is 0 Å². The molecule has 0 amide bonds. The summed E-state index contributed by atoms with van der Waals surface area (Å²) in [5, 5.41) is 6.51. The van der Waals surface area contributed by atoms with Crippen LogP contribution in [-0.2, 0) is 13.1 Å². The molecule has 2 N–H and O–H groups in total. The zero-order valence-corrected chi connectivity index (χ0v) is 11.7. The summed E-state index contributed by atoms with van der Waals surface area (Å²) < 4.78 is 2.02. The van der Waals surface area contributed by atoms with Crippen molar-refractivity contribution in [1.82, 2.24) is 25.2 Å². The van der Waals surface area contributed by atoms with Gasteiger partial charge in [0.2, 0.25) is 0 Å². The van der Waals surface area contributed by atoms with Crippen molar-refractivity contribution in [2.45, 2.75) is 20.0 Å². The molecule has 20 heavy (non-hydrogen) atoms. The van der Waals surface area contributed by atoms with Gasteiger partial charge in [-0.1, -0.05) is 6.07 Å². The third-order valence-corrected chi connectivity index (χ3v) is 2.69. The molecule has 0 unspecified atom stereocenters. The lowest BCUT2D eigenvalue weighted by Crippen LogP contribution is -2.38. The molecule has 0 saturated carbocycles. The summed E-state index contributed by atoms with van der Waals surface area (Å²) in [6.45, 7) is 5.10. The number of nitrogens with zero attached hydrogens (tertiary/aromatic N) is 4. The van der Waals surface area contributed by atoms with Gasteiger partial charge in [0.15, 0.2) is 5.96 Å². The average molecular weight is 272 g/mol. The highest BCUT2D eigenvalue weighted by Gasteiger charge is 1.98. The van der Waals surface area contributed by atoms with E-state index in [1.54, 1.807) is 18.7 Å². The minimum absolute atomic E-state index is 0.571. The van der Waals surface area contributed by atoms with Crippen molar-refractivity contribution < 1.29 is 0 Å². The topological polar surface area (TPSA) is 67.1 Å². The highest BCUT2D eigenvalue weighted by molar-refractivity contribution is 5.79. The number of aliphatic imine (C=N–C) groups is 1. The zero-order valence-electron chi connectivity index (χ0n) is 11.7. The second-order valence-corrected chi connectivity index (χ2v) is 4.24. The van der Waals surface area contributed by atoms with Crippen LogP contribution in [0.1, 0.15) is 12.6 Å². The van der Waals surface area contributed by atoms with E-state index in [1.807, 2.05) is 35.9 Å². The molecule has 0 aliphatic rings. The maximum absolute atomic E-state index is 4.51. The van der Waals surface area contributed by atoms with Gasteiger partial charge in [0.05, 0.1) is 18.6 Å². The van der Waals surface area contributed by atoms with E-state index in [0.717, 1.165) is 31.3 Å². The Balaban J connectivity index is 1.82. The molecule has 0 saturated heterocycles. The van der Waals surface area contributed by atoms with Gasteiger partial charge in [-0.05, 0) is 19.1 Å². The van der Waals surface area contributed by atoms with Crippen LogP contribution in [0.2, 0.25) is 0 Å². The Morgan fingerprint density at radius 3 is 2.95 bits per heavy atom. The molecule has 106 valence electrons. The Labute approximate surface area is 119 Å². The number of hydrogen-bond acceptors (Lipinski definition) is 3. The first-order valence-electron chi connectivity index (χ1n) is 6.76. The van der Waals surface area contributed by atoms with Crippen molar-refractivity contribution in [2.24, 2.45) is 4.99 Å². The molecule has 0 fully saturated rings. The fourth-order valence-corrected chi connectivity index (χ4v) is 1.72. The molecule has 2 aromatic heterocycles. The summed E-state index contributed by atoms with van der Waals surface area (Å²) in [6, 6.07) is 5.84. The van der Waals surface area contributed by atoms with Crippen LogP contribution < -0.4 is 10.6 Å². The number of hydrogen-bond donors (Lipinski definition) is 2. The minimum Gasteiger partial charge on any atom is -0.357 e. The summed E-state index contributed by atoms with van der Waals surface area (Å²) in [5.41, 5.74) is 0.958. The zero-order chi connectivity index (χ0) is 14.0. The molecule has 0 spiro atoms. The highest BCUT2D eigenvalue weighted by Crippen LogP contribution is 1.95. The lowest BCUT2D eigenvalue weighted by molar-refractivity contribution is 0.661. The van der Waals surface area contributed by atoms with Gasteiger partial charge in [-0.3, -0.25) is 4.98 Å². The van der Waals surface area contributed by atoms with Crippen molar-refractivity contribution in [3.8, 4) is 0 Å². The average Bonchev–Trinajstić information content (AvgIpc) is 2.99. The predicted molar refractivity (Wildman–Crippen MR) is 79.3 cm³/mol. The maximum Gasteiger partial charge on any atom is 0.191 e. The summed E-state index contributed by atoms with van der Waals surface area (Å²) in [5.74, 6) is 0.804. The summed E-state index contributed by atoms with van der Waals surface area (Å²) >= 11 is 0. The molecular formula is C14H20N6. The number of nitrogens with one attached hydrogen (secondary N) is 2. The molecule has 2 aromatic rings. The Morgan fingerprint density at radius 1 is 1.30 bits per heavy atom. The number of aromatic nitrogens is 3. The standard InChI is InChI=1S/C14H20N6/c1-2-16-14(18-8-10-20-9-7-15-12-20)19-11-13-5-3-4-6-17-13/h3-7,9,12H,2,8,10-11H2,1H3,(H2,16,18,19). The molecule has 0 radical (unpaired) electrons. The quantitative estimate of drug-likeness (QED) is 0.609. The molecule has 2 heterocycles. The third kappa shape index (κ3) is 4.72. The smallest absolute Gasteiger partial charge is 0.191 e. The van der Waals surface area contributed by atoms with Crippen molar-refractivity contribution >= 4 is 5.96 Å². The third-order valence-electron chi connectivity index (χ3n) is 2.69. The Kier molecular flexibility index (Phi) is 5.57.